The maximum Gasteiger partial charge on any atom is 0.293 e. The molecular weight excluding hydrogens is 504 g/mol. The average molecular weight is 525 g/mol. The van der Waals surface area contributed by atoms with Crippen LogP contribution in [0.4, 0.5) is 5.69 Å². The molecule has 3 aromatic rings. The van der Waals surface area contributed by atoms with Crippen LogP contribution in [0.15, 0.2) is 98.9 Å². The summed E-state index contributed by atoms with van der Waals surface area (Å²) in [4.78, 5) is 22.1. The summed E-state index contributed by atoms with van der Waals surface area (Å²) < 4.78 is 26.7. The molecule has 7 nitrogen and oxygen atoms in total. The van der Waals surface area contributed by atoms with Crippen molar-refractivity contribution in [1.82, 2.24) is 9.84 Å². The minimum atomic E-state index is -4.03. The first kappa shape index (κ1) is 22.9. The maximum absolute atomic E-state index is 13.2. The Balaban J connectivity index is 1.71. The van der Waals surface area contributed by atoms with Crippen molar-refractivity contribution in [2.24, 2.45) is 4.99 Å². The van der Waals surface area contributed by atoms with Crippen molar-refractivity contribution in [3.63, 3.8) is 0 Å². The van der Waals surface area contributed by atoms with E-state index >= 15 is 0 Å². The normalized spacial score (nSPS) is 15.1. The molecule has 0 bridgehead atoms. The molecule has 0 atom stereocenters. The van der Waals surface area contributed by atoms with Crippen LogP contribution < -0.4 is 9.73 Å². The molecule has 9 heteroatoms. The van der Waals surface area contributed by atoms with Crippen molar-refractivity contribution in [2.75, 3.05) is 19.0 Å². The molecule has 0 unspecified atom stereocenters. The fourth-order valence-corrected chi connectivity index (χ4v) is 4.47. The van der Waals surface area contributed by atoms with Crippen LogP contribution in [0, 0.1) is 0 Å². The molecule has 1 heterocycles. The van der Waals surface area contributed by atoms with Crippen molar-refractivity contribution in [3.05, 3.63) is 100 Å². The lowest BCUT2D eigenvalue weighted by molar-refractivity contribution is -0.123. The summed E-state index contributed by atoms with van der Waals surface area (Å²) in [6.07, 6.45) is 1.64. The van der Waals surface area contributed by atoms with Gasteiger partial charge in [0.15, 0.2) is 5.84 Å². The van der Waals surface area contributed by atoms with E-state index in [0.29, 0.717) is 5.56 Å². The second kappa shape index (κ2) is 9.30. The molecule has 0 saturated carbocycles. The van der Waals surface area contributed by atoms with Crippen LogP contribution in [0.5, 0.6) is 0 Å². The van der Waals surface area contributed by atoms with E-state index in [1.54, 1.807) is 42.5 Å². The minimum Gasteiger partial charge on any atom is -0.378 e. The number of carbonyl (C=O) groups excluding carboxylic acids is 1. The van der Waals surface area contributed by atoms with Gasteiger partial charge in [-0.1, -0.05) is 58.4 Å². The lowest BCUT2D eigenvalue weighted by atomic mass is 10.1. The number of anilines is 1. The zero-order chi connectivity index (χ0) is 23.6. The zero-order valence-electron chi connectivity index (χ0n) is 17.9. The highest BCUT2D eigenvalue weighted by molar-refractivity contribution is 9.10. The van der Waals surface area contributed by atoms with Crippen LogP contribution >= 0.6 is 15.9 Å². The second-order valence-electron chi connectivity index (χ2n) is 7.51. The molecule has 0 aromatic heterocycles. The number of sulfonamides is 1. The fraction of sp³-hybridized carbons (Fsp3) is 0.0833. The van der Waals surface area contributed by atoms with Gasteiger partial charge >= 0.3 is 0 Å². The summed E-state index contributed by atoms with van der Waals surface area (Å²) in [5, 5.41) is 0.979. The Morgan fingerprint density at radius 2 is 1.58 bits per heavy atom. The van der Waals surface area contributed by atoms with Gasteiger partial charge in [-0.2, -0.15) is 0 Å². The molecule has 1 aliphatic rings. The smallest absolute Gasteiger partial charge is 0.293 e. The van der Waals surface area contributed by atoms with Crippen LogP contribution in [0.2, 0.25) is 0 Å². The molecule has 0 radical (unpaired) electrons. The molecule has 1 amide bonds. The number of nitrogens with zero attached hydrogens (tertiary/aromatic N) is 3. The van der Waals surface area contributed by atoms with E-state index in [4.69, 9.17) is 0 Å². The van der Waals surface area contributed by atoms with E-state index in [9.17, 15) is 13.2 Å². The van der Waals surface area contributed by atoms with Crippen molar-refractivity contribution >= 4 is 49.5 Å². The highest BCUT2D eigenvalue weighted by Crippen LogP contribution is 2.23. The number of nitrogens with one attached hydrogen (secondary N) is 1. The van der Waals surface area contributed by atoms with Crippen molar-refractivity contribution in [3.8, 4) is 0 Å². The zero-order valence-corrected chi connectivity index (χ0v) is 20.3. The number of amides is 1. The second-order valence-corrected chi connectivity index (χ2v) is 10.1. The van der Waals surface area contributed by atoms with E-state index in [0.717, 1.165) is 20.7 Å². The van der Waals surface area contributed by atoms with Gasteiger partial charge in [-0.3, -0.25) is 4.79 Å². The van der Waals surface area contributed by atoms with Gasteiger partial charge in [0.05, 0.1) is 4.90 Å². The average Bonchev–Trinajstić information content (AvgIpc) is 3.09. The van der Waals surface area contributed by atoms with Gasteiger partial charge in [0, 0.05) is 29.8 Å². The van der Waals surface area contributed by atoms with Gasteiger partial charge in [0.1, 0.15) is 5.70 Å². The van der Waals surface area contributed by atoms with Crippen molar-refractivity contribution in [2.45, 2.75) is 4.90 Å². The number of benzene rings is 3. The number of aliphatic imine (C=N–C) groups is 1. The van der Waals surface area contributed by atoms with Gasteiger partial charge in [-0.15, -0.1) is 4.83 Å². The monoisotopic (exact) mass is 524 g/mol. The number of hydrogen-bond donors (Lipinski definition) is 1. The lowest BCUT2D eigenvalue weighted by Gasteiger charge is -2.19. The Labute approximate surface area is 201 Å². The third kappa shape index (κ3) is 5.05. The highest BCUT2D eigenvalue weighted by atomic mass is 79.9. The van der Waals surface area contributed by atoms with Crippen molar-refractivity contribution < 1.29 is 13.2 Å². The number of amidine groups is 1. The first-order chi connectivity index (χ1) is 15.7. The molecule has 0 aliphatic carbocycles. The standard InChI is InChI=1S/C24H21BrN4O3S/c1-28(2)20-12-8-17(9-13-20)16-22-24(30)29(23(26-22)18-6-4-3-5-7-18)27-33(31,32)21-14-10-19(25)11-15-21/h3-16,27H,1-2H3/b22-16-. The summed E-state index contributed by atoms with van der Waals surface area (Å²) in [6.45, 7) is 0. The Morgan fingerprint density at radius 1 is 0.939 bits per heavy atom. The first-order valence-corrected chi connectivity index (χ1v) is 12.3. The van der Waals surface area contributed by atoms with Gasteiger partial charge in [0.2, 0.25) is 0 Å². The van der Waals surface area contributed by atoms with E-state index < -0.39 is 15.9 Å². The summed E-state index contributed by atoms with van der Waals surface area (Å²) in [7, 11) is -0.137. The third-order valence-corrected chi connectivity index (χ3v) is 6.78. The van der Waals surface area contributed by atoms with Gasteiger partial charge in [-0.25, -0.2) is 18.4 Å². The Hall–Kier alpha value is -3.27. The summed E-state index contributed by atoms with van der Waals surface area (Å²) in [5.74, 6) is -0.358. The predicted octanol–water partition coefficient (Wildman–Crippen LogP) is 4.04. The predicted molar refractivity (Wildman–Crippen MR) is 133 cm³/mol. The molecule has 4 rings (SSSR count). The molecule has 1 N–H and O–H groups in total. The third-order valence-electron chi connectivity index (χ3n) is 4.94. The van der Waals surface area contributed by atoms with Crippen LogP contribution in [0.3, 0.4) is 0 Å². The van der Waals surface area contributed by atoms with E-state index in [1.807, 2.05) is 49.3 Å². The van der Waals surface area contributed by atoms with E-state index in [1.165, 1.54) is 12.1 Å². The summed E-state index contributed by atoms with van der Waals surface area (Å²) in [5.41, 5.74) is 2.53. The molecule has 33 heavy (non-hydrogen) atoms. The number of hydrazine groups is 1. The summed E-state index contributed by atoms with van der Waals surface area (Å²) in [6, 6.07) is 22.7. The van der Waals surface area contributed by atoms with Gasteiger partial charge in [0.25, 0.3) is 15.9 Å². The molecule has 0 fully saturated rings. The largest absolute Gasteiger partial charge is 0.378 e. The van der Waals surface area contributed by atoms with Crippen LogP contribution in [0.25, 0.3) is 6.08 Å². The van der Waals surface area contributed by atoms with Gasteiger partial charge in [-0.05, 0) is 48.0 Å². The SMILES string of the molecule is CN(C)c1ccc(/C=C2\N=C(c3ccccc3)N(NS(=O)(=O)c3ccc(Br)cc3)C2=O)cc1. The van der Waals surface area contributed by atoms with Crippen LogP contribution in [-0.4, -0.2) is 39.3 Å². The molecule has 3 aromatic carbocycles. The van der Waals surface area contributed by atoms with Gasteiger partial charge < -0.3 is 4.90 Å². The quantitative estimate of drug-likeness (QED) is 0.493. The van der Waals surface area contributed by atoms with Crippen LogP contribution in [0.1, 0.15) is 11.1 Å². The number of hydrogen-bond acceptors (Lipinski definition) is 5. The molecule has 0 spiro atoms. The topological polar surface area (TPSA) is 82.1 Å². The maximum atomic E-state index is 13.2. The molecule has 1 aliphatic heterocycles. The Morgan fingerprint density at radius 3 is 2.18 bits per heavy atom. The molecule has 0 saturated heterocycles. The summed E-state index contributed by atoms with van der Waals surface area (Å²) >= 11 is 3.29. The lowest BCUT2D eigenvalue weighted by Crippen LogP contribution is -2.47. The Bertz CT molecular complexity index is 1330. The van der Waals surface area contributed by atoms with E-state index in [-0.39, 0.29) is 16.4 Å². The number of rotatable bonds is 6. The number of carbonyl (C=O) groups is 1. The van der Waals surface area contributed by atoms with Crippen molar-refractivity contribution in [1.29, 1.82) is 0 Å². The molecule has 168 valence electrons. The highest BCUT2D eigenvalue weighted by Gasteiger charge is 2.34. The van der Waals surface area contributed by atoms with Crippen LogP contribution in [-0.2, 0) is 14.8 Å². The Kier molecular flexibility index (Phi) is 6.46. The fourth-order valence-electron chi connectivity index (χ4n) is 3.20. The minimum absolute atomic E-state index is 0.0302. The first-order valence-electron chi connectivity index (χ1n) is 10.0. The van der Waals surface area contributed by atoms with E-state index in [2.05, 4.69) is 25.8 Å². The number of halogens is 1. The molecular formula is C24H21BrN4O3S.